The van der Waals surface area contributed by atoms with Gasteiger partial charge >= 0.3 is 6.03 Å². The SMILES string of the molecule is Cc1ccc(F)cc1NC(=O)Nc1cccc(Nc2ncnc3ccc(-c4ccc(CNCCS(C)(=O)=O)o4)cc23)c1. The van der Waals surface area contributed by atoms with Gasteiger partial charge in [0, 0.05) is 40.8 Å². The van der Waals surface area contributed by atoms with Crippen LogP contribution >= 0.6 is 0 Å². The third-order valence-electron chi connectivity index (χ3n) is 6.36. The first-order valence-electron chi connectivity index (χ1n) is 13.1. The highest BCUT2D eigenvalue weighted by molar-refractivity contribution is 7.90. The fraction of sp³-hybridized carbons (Fsp3) is 0.167. The molecule has 3 aromatic carbocycles. The van der Waals surface area contributed by atoms with Crippen LogP contribution in [0.4, 0.5) is 32.1 Å². The number of benzene rings is 3. The molecule has 4 N–H and O–H groups in total. The summed E-state index contributed by atoms with van der Waals surface area (Å²) in [5.74, 6) is 1.52. The standard InChI is InChI=1S/C30H29FN6O4S/c1-19-6-8-21(31)15-27(19)37-30(38)36-23-5-3-4-22(16-23)35-29-25-14-20(7-10-26(25)33-18-34-29)28-11-9-24(41-28)17-32-12-13-42(2,39)40/h3-11,14-16,18,32H,12-13,17H2,1-2H3,(H,33,34,35)(H2,36,37,38). The summed E-state index contributed by atoms with van der Waals surface area (Å²) in [5, 5.41) is 12.6. The van der Waals surface area contributed by atoms with Crippen molar-refractivity contribution in [2.75, 3.05) is 34.5 Å². The molecule has 0 atom stereocenters. The van der Waals surface area contributed by atoms with Gasteiger partial charge in [-0.25, -0.2) is 27.6 Å². The second kappa shape index (κ2) is 12.4. The Balaban J connectivity index is 1.29. The number of hydrogen-bond donors (Lipinski definition) is 4. The highest BCUT2D eigenvalue weighted by Gasteiger charge is 2.11. The molecule has 0 radical (unpaired) electrons. The maximum atomic E-state index is 13.6. The van der Waals surface area contributed by atoms with E-state index in [-0.39, 0.29) is 5.75 Å². The Morgan fingerprint density at radius 3 is 2.62 bits per heavy atom. The van der Waals surface area contributed by atoms with Gasteiger partial charge in [-0.15, -0.1) is 0 Å². The third kappa shape index (κ3) is 7.47. The van der Waals surface area contributed by atoms with Crippen LogP contribution in [0.2, 0.25) is 0 Å². The van der Waals surface area contributed by atoms with Gasteiger partial charge < -0.3 is 25.7 Å². The van der Waals surface area contributed by atoms with Crippen LogP contribution in [0.5, 0.6) is 0 Å². The van der Waals surface area contributed by atoms with Crippen LogP contribution in [0.1, 0.15) is 11.3 Å². The quantitative estimate of drug-likeness (QED) is 0.149. The van der Waals surface area contributed by atoms with Crippen LogP contribution in [-0.4, -0.2) is 43.0 Å². The van der Waals surface area contributed by atoms with E-state index in [4.69, 9.17) is 4.42 Å². The first-order valence-corrected chi connectivity index (χ1v) is 15.1. The largest absolute Gasteiger partial charge is 0.460 e. The van der Waals surface area contributed by atoms with Gasteiger partial charge in [-0.2, -0.15) is 0 Å². The third-order valence-corrected chi connectivity index (χ3v) is 7.31. The maximum absolute atomic E-state index is 13.6. The zero-order valence-corrected chi connectivity index (χ0v) is 23.8. The number of nitrogens with one attached hydrogen (secondary N) is 4. The van der Waals surface area contributed by atoms with E-state index < -0.39 is 21.7 Å². The summed E-state index contributed by atoms with van der Waals surface area (Å²) < 4.78 is 42.2. The van der Waals surface area contributed by atoms with E-state index in [1.54, 1.807) is 31.2 Å². The van der Waals surface area contributed by atoms with E-state index in [0.717, 1.165) is 22.0 Å². The molecular weight excluding hydrogens is 559 g/mol. The van der Waals surface area contributed by atoms with Crippen LogP contribution < -0.4 is 21.3 Å². The molecule has 0 bridgehead atoms. The Bertz CT molecular complexity index is 1860. The Labute approximate surface area is 242 Å². The van der Waals surface area contributed by atoms with Gasteiger partial charge in [-0.05, 0) is 73.2 Å². The molecule has 10 nitrogen and oxygen atoms in total. The molecule has 0 saturated carbocycles. The number of aromatic nitrogens is 2. The number of halogens is 1. The van der Waals surface area contributed by atoms with Crippen molar-refractivity contribution in [3.63, 3.8) is 0 Å². The molecule has 2 amide bonds. The van der Waals surface area contributed by atoms with Crippen LogP contribution in [0.3, 0.4) is 0 Å². The van der Waals surface area contributed by atoms with Crippen molar-refractivity contribution in [2.45, 2.75) is 13.5 Å². The highest BCUT2D eigenvalue weighted by Crippen LogP contribution is 2.30. The molecule has 0 aliphatic carbocycles. The minimum atomic E-state index is -3.03. The van der Waals surface area contributed by atoms with Gasteiger partial charge in [0.1, 0.15) is 39.3 Å². The smallest absolute Gasteiger partial charge is 0.323 e. The van der Waals surface area contributed by atoms with Crippen molar-refractivity contribution in [3.8, 4) is 11.3 Å². The van der Waals surface area contributed by atoms with Crippen LogP contribution in [0.15, 0.2) is 83.5 Å². The molecule has 5 rings (SSSR count). The summed E-state index contributed by atoms with van der Waals surface area (Å²) in [6, 6.07) is 20.2. The zero-order chi connectivity index (χ0) is 29.7. The van der Waals surface area contributed by atoms with Gasteiger partial charge in [0.15, 0.2) is 0 Å². The van der Waals surface area contributed by atoms with Crippen molar-refractivity contribution in [2.24, 2.45) is 0 Å². The van der Waals surface area contributed by atoms with E-state index in [9.17, 15) is 17.6 Å². The van der Waals surface area contributed by atoms with Gasteiger partial charge in [0.25, 0.3) is 0 Å². The summed E-state index contributed by atoms with van der Waals surface area (Å²) in [6.07, 6.45) is 2.67. The normalized spacial score (nSPS) is 11.4. The van der Waals surface area contributed by atoms with E-state index >= 15 is 0 Å². The molecule has 216 valence electrons. The number of carbonyl (C=O) groups is 1. The topological polar surface area (TPSA) is 138 Å². The van der Waals surface area contributed by atoms with Crippen LogP contribution in [0, 0.1) is 12.7 Å². The zero-order valence-electron chi connectivity index (χ0n) is 22.9. The predicted octanol–water partition coefficient (Wildman–Crippen LogP) is 5.86. The first kappa shape index (κ1) is 28.7. The van der Waals surface area contributed by atoms with Crippen molar-refractivity contribution < 1.29 is 22.0 Å². The minimum Gasteiger partial charge on any atom is -0.460 e. The molecular formula is C30H29FN6O4S. The number of fused-ring (bicyclic) bond motifs is 1. The van der Waals surface area contributed by atoms with Crippen LogP contribution in [0.25, 0.3) is 22.2 Å². The lowest BCUT2D eigenvalue weighted by Gasteiger charge is -2.12. The number of carbonyl (C=O) groups excluding carboxylic acids is 1. The van der Waals surface area contributed by atoms with E-state index in [0.29, 0.717) is 47.5 Å². The van der Waals surface area contributed by atoms with Crippen molar-refractivity contribution in [3.05, 3.63) is 96.3 Å². The highest BCUT2D eigenvalue weighted by atomic mass is 32.2. The number of furan rings is 1. The molecule has 0 unspecified atom stereocenters. The van der Waals surface area contributed by atoms with E-state index in [1.165, 1.54) is 24.7 Å². The second-order valence-corrected chi connectivity index (χ2v) is 12.0. The first-order chi connectivity index (χ1) is 20.1. The molecule has 0 spiro atoms. The molecule has 0 saturated heterocycles. The average molecular weight is 589 g/mol. The molecule has 0 fully saturated rings. The Morgan fingerprint density at radius 1 is 0.952 bits per heavy atom. The molecule has 12 heteroatoms. The summed E-state index contributed by atoms with van der Waals surface area (Å²) >= 11 is 0. The Morgan fingerprint density at radius 2 is 1.79 bits per heavy atom. The number of amides is 2. The molecule has 2 aromatic heterocycles. The van der Waals surface area contributed by atoms with Crippen molar-refractivity contribution >= 4 is 49.7 Å². The fourth-order valence-corrected chi connectivity index (χ4v) is 4.75. The number of urea groups is 1. The minimum absolute atomic E-state index is 0.0573. The Hall–Kier alpha value is -4.81. The monoisotopic (exact) mass is 588 g/mol. The lowest BCUT2D eigenvalue weighted by Crippen LogP contribution is -2.21. The summed E-state index contributed by atoms with van der Waals surface area (Å²) in [6.45, 7) is 2.53. The molecule has 5 aromatic rings. The van der Waals surface area contributed by atoms with Crippen molar-refractivity contribution in [1.29, 1.82) is 0 Å². The lowest BCUT2D eigenvalue weighted by atomic mass is 10.1. The van der Waals surface area contributed by atoms with Gasteiger partial charge in [0.05, 0.1) is 17.8 Å². The summed E-state index contributed by atoms with van der Waals surface area (Å²) in [7, 11) is -3.03. The number of hydrogen-bond acceptors (Lipinski definition) is 8. The lowest BCUT2D eigenvalue weighted by molar-refractivity contribution is 0.262. The van der Waals surface area contributed by atoms with Gasteiger partial charge in [-0.1, -0.05) is 12.1 Å². The van der Waals surface area contributed by atoms with Crippen LogP contribution in [-0.2, 0) is 16.4 Å². The fourth-order valence-electron chi connectivity index (χ4n) is 4.23. The van der Waals surface area contributed by atoms with Gasteiger partial charge in [0.2, 0.25) is 0 Å². The van der Waals surface area contributed by atoms with Crippen molar-refractivity contribution in [1.82, 2.24) is 15.3 Å². The number of anilines is 4. The number of rotatable bonds is 10. The molecule has 0 aliphatic heterocycles. The van der Waals surface area contributed by atoms with Gasteiger partial charge in [-0.3, -0.25) is 0 Å². The molecule has 42 heavy (non-hydrogen) atoms. The second-order valence-electron chi connectivity index (χ2n) is 9.77. The number of aryl methyl sites for hydroxylation is 1. The van der Waals surface area contributed by atoms with E-state index in [1.807, 2.05) is 36.4 Å². The number of nitrogens with zero attached hydrogens (tertiary/aromatic N) is 2. The number of sulfone groups is 1. The summed E-state index contributed by atoms with van der Waals surface area (Å²) in [4.78, 5) is 21.4. The summed E-state index contributed by atoms with van der Waals surface area (Å²) in [5.41, 5.74) is 3.88. The predicted molar refractivity (Wildman–Crippen MR) is 162 cm³/mol. The average Bonchev–Trinajstić information content (AvgIpc) is 3.42. The molecule has 2 heterocycles. The Kier molecular flexibility index (Phi) is 8.46. The maximum Gasteiger partial charge on any atom is 0.323 e. The molecule has 0 aliphatic rings. The van der Waals surface area contributed by atoms with E-state index in [2.05, 4.69) is 31.2 Å².